The zero-order chi connectivity index (χ0) is 12.0. The third kappa shape index (κ3) is 3.85. The summed E-state index contributed by atoms with van der Waals surface area (Å²) in [6.45, 7) is 2.67. The Morgan fingerprint density at radius 1 is 1.44 bits per heavy atom. The first kappa shape index (κ1) is 14.2. The molecule has 16 heavy (non-hydrogen) atoms. The zero-order valence-corrected chi connectivity index (χ0v) is 11.8. The predicted octanol–water partition coefficient (Wildman–Crippen LogP) is 3.04. The molecule has 1 atom stereocenters. The summed E-state index contributed by atoms with van der Waals surface area (Å²) in [6, 6.07) is 0. The minimum atomic E-state index is -0.0795. The maximum atomic E-state index is 11.7. The van der Waals surface area contributed by atoms with Gasteiger partial charge in [0.25, 0.3) is 0 Å². The third-order valence-electron chi connectivity index (χ3n) is 3.46. The summed E-state index contributed by atoms with van der Waals surface area (Å²) in [4.78, 5) is 11.7. The maximum absolute atomic E-state index is 11.7. The number of hydrogen-bond acceptors (Lipinski definition) is 2. The van der Waals surface area contributed by atoms with Crippen molar-refractivity contribution in [2.24, 2.45) is 5.92 Å². The van der Waals surface area contributed by atoms with Crippen LogP contribution in [0.3, 0.4) is 0 Å². The zero-order valence-electron chi connectivity index (χ0n) is 10.2. The summed E-state index contributed by atoms with van der Waals surface area (Å²) in [6.07, 6.45) is 8.54. The Labute approximate surface area is 108 Å². The van der Waals surface area contributed by atoms with E-state index in [4.69, 9.17) is 11.6 Å². The molecule has 0 radical (unpaired) electrons. The van der Waals surface area contributed by atoms with E-state index in [-0.39, 0.29) is 16.6 Å². The van der Waals surface area contributed by atoms with Crippen molar-refractivity contribution in [2.45, 2.75) is 43.8 Å². The number of carbonyl (C=O) groups is 1. The number of rotatable bonds is 5. The van der Waals surface area contributed by atoms with Crippen LogP contribution in [0.25, 0.3) is 0 Å². The van der Waals surface area contributed by atoms with Crippen LogP contribution in [0.1, 0.15) is 39.0 Å². The minimum absolute atomic E-state index is 0.0795. The highest BCUT2D eigenvalue weighted by Crippen LogP contribution is 2.37. The smallest absolute Gasteiger partial charge is 0.224 e. The fraction of sp³-hybridized carbons (Fsp3) is 0.917. The Bertz CT molecular complexity index is 229. The van der Waals surface area contributed by atoms with E-state index in [0.717, 1.165) is 6.54 Å². The molecule has 1 saturated carbocycles. The maximum Gasteiger partial charge on any atom is 0.224 e. The second-order valence-corrected chi connectivity index (χ2v) is 6.30. The summed E-state index contributed by atoms with van der Waals surface area (Å²) < 4.78 is 0.278. The molecule has 2 nitrogen and oxygen atoms in total. The predicted molar refractivity (Wildman–Crippen MR) is 72.2 cm³/mol. The molecule has 1 rings (SSSR count). The second-order valence-electron chi connectivity index (χ2n) is 4.72. The minimum Gasteiger partial charge on any atom is -0.354 e. The van der Waals surface area contributed by atoms with Gasteiger partial charge in [0, 0.05) is 23.1 Å². The van der Waals surface area contributed by atoms with E-state index in [9.17, 15) is 4.79 Å². The topological polar surface area (TPSA) is 29.1 Å². The van der Waals surface area contributed by atoms with Crippen molar-refractivity contribution in [3.63, 3.8) is 0 Å². The first-order valence-electron chi connectivity index (χ1n) is 6.02. The quantitative estimate of drug-likeness (QED) is 0.773. The molecule has 0 saturated heterocycles. The van der Waals surface area contributed by atoms with Crippen LogP contribution in [0.5, 0.6) is 0 Å². The molecule has 1 fully saturated rings. The number of amides is 1. The molecule has 0 aromatic rings. The molecule has 1 unspecified atom stereocenters. The number of nitrogens with one attached hydrogen (secondary N) is 1. The molecule has 1 aliphatic carbocycles. The second kappa shape index (κ2) is 6.75. The van der Waals surface area contributed by atoms with Crippen molar-refractivity contribution in [3.8, 4) is 0 Å². The number of thioether (sulfide) groups is 1. The third-order valence-corrected chi connectivity index (χ3v) is 5.34. The van der Waals surface area contributed by atoms with Gasteiger partial charge in [-0.3, -0.25) is 4.79 Å². The molecule has 0 bridgehead atoms. The standard InChI is InChI=1S/C12H22ClNOS/c1-10(8-13)11(15)14-9-12(16-2)6-4-3-5-7-12/h10H,3-9H2,1-2H3,(H,14,15). The molecule has 0 aromatic carbocycles. The van der Waals surface area contributed by atoms with Gasteiger partial charge in [-0.1, -0.05) is 26.2 Å². The SMILES string of the molecule is CSC1(CNC(=O)C(C)CCl)CCCCC1. The van der Waals surface area contributed by atoms with Crippen LogP contribution in [-0.4, -0.2) is 29.3 Å². The van der Waals surface area contributed by atoms with Gasteiger partial charge >= 0.3 is 0 Å². The highest BCUT2D eigenvalue weighted by Gasteiger charge is 2.31. The molecule has 0 aromatic heterocycles. The number of alkyl halides is 1. The molecule has 94 valence electrons. The summed E-state index contributed by atoms with van der Waals surface area (Å²) in [5.41, 5.74) is 0. The number of carbonyl (C=O) groups excluding carboxylic acids is 1. The highest BCUT2D eigenvalue weighted by molar-refractivity contribution is 8.00. The Hall–Kier alpha value is 0.110. The van der Waals surface area contributed by atoms with Gasteiger partial charge in [0.05, 0.1) is 0 Å². The largest absolute Gasteiger partial charge is 0.354 e. The van der Waals surface area contributed by atoms with Gasteiger partial charge in [0.1, 0.15) is 0 Å². The van der Waals surface area contributed by atoms with Crippen molar-refractivity contribution in [3.05, 3.63) is 0 Å². The molecule has 0 aliphatic heterocycles. The van der Waals surface area contributed by atoms with Crippen LogP contribution < -0.4 is 5.32 Å². The fourth-order valence-electron chi connectivity index (χ4n) is 2.14. The van der Waals surface area contributed by atoms with Gasteiger partial charge in [0.15, 0.2) is 0 Å². The molecule has 1 amide bonds. The summed E-state index contributed by atoms with van der Waals surface area (Å²) in [7, 11) is 0. The molecule has 0 spiro atoms. The van der Waals surface area contributed by atoms with Gasteiger partial charge in [-0.25, -0.2) is 0 Å². The monoisotopic (exact) mass is 263 g/mol. The molecule has 0 heterocycles. The van der Waals surface area contributed by atoms with Crippen LogP contribution in [0, 0.1) is 5.92 Å². The Morgan fingerprint density at radius 2 is 2.06 bits per heavy atom. The van der Waals surface area contributed by atoms with E-state index in [1.54, 1.807) is 0 Å². The highest BCUT2D eigenvalue weighted by atomic mass is 35.5. The van der Waals surface area contributed by atoms with Gasteiger partial charge in [0.2, 0.25) is 5.91 Å². The van der Waals surface area contributed by atoms with E-state index >= 15 is 0 Å². The summed E-state index contributed by atoms with van der Waals surface area (Å²) in [5, 5.41) is 3.05. The van der Waals surface area contributed by atoms with Crippen molar-refractivity contribution in [1.82, 2.24) is 5.32 Å². The molecule has 1 N–H and O–H groups in total. The van der Waals surface area contributed by atoms with E-state index in [0.29, 0.717) is 5.88 Å². The lowest BCUT2D eigenvalue weighted by atomic mass is 9.88. The van der Waals surface area contributed by atoms with Crippen LogP contribution in [0.15, 0.2) is 0 Å². The number of hydrogen-bond donors (Lipinski definition) is 1. The van der Waals surface area contributed by atoms with Crippen molar-refractivity contribution in [2.75, 3.05) is 18.7 Å². The lowest BCUT2D eigenvalue weighted by Gasteiger charge is -2.36. The van der Waals surface area contributed by atoms with Crippen molar-refractivity contribution < 1.29 is 4.79 Å². The summed E-state index contributed by atoms with van der Waals surface area (Å²) in [5.74, 6) is 0.413. The van der Waals surface area contributed by atoms with Crippen LogP contribution >= 0.6 is 23.4 Å². The van der Waals surface area contributed by atoms with E-state index in [1.807, 2.05) is 18.7 Å². The van der Waals surface area contributed by atoms with Gasteiger partial charge in [-0.05, 0) is 19.1 Å². The van der Waals surface area contributed by atoms with Gasteiger partial charge in [-0.2, -0.15) is 11.8 Å². The van der Waals surface area contributed by atoms with Crippen LogP contribution in [-0.2, 0) is 4.79 Å². The van der Waals surface area contributed by atoms with Crippen molar-refractivity contribution in [1.29, 1.82) is 0 Å². The van der Waals surface area contributed by atoms with Gasteiger partial charge < -0.3 is 5.32 Å². The first-order chi connectivity index (χ1) is 7.63. The average molecular weight is 264 g/mol. The lowest BCUT2D eigenvalue weighted by Crippen LogP contribution is -2.43. The summed E-state index contributed by atoms with van der Waals surface area (Å²) >= 11 is 7.58. The molecule has 1 aliphatic rings. The first-order valence-corrected chi connectivity index (χ1v) is 7.78. The normalized spacial score (nSPS) is 21.4. The molecular weight excluding hydrogens is 242 g/mol. The van der Waals surface area contributed by atoms with Crippen molar-refractivity contribution >= 4 is 29.3 Å². The number of halogens is 1. The molecular formula is C12H22ClNOS. The molecule has 4 heteroatoms. The van der Waals surface area contributed by atoms with Gasteiger partial charge in [-0.15, -0.1) is 11.6 Å². The Morgan fingerprint density at radius 3 is 2.56 bits per heavy atom. The fourth-order valence-corrected chi connectivity index (χ4v) is 3.20. The van der Waals surface area contributed by atoms with E-state index in [2.05, 4.69) is 11.6 Å². The van der Waals surface area contributed by atoms with Crippen LogP contribution in [0.4, 0.5) is 0 Å². The lowest BCUT2D eigenvalue weighted by molar-refractivity contribution is -0.124. The Kier molecular flexibility index (Phi) is 5.98. The van der Waals surface area contributed by atoms with Crippen LogP contribution in [0.2, 0.25) is 0 Å². The average Bonchev–Trinajstić information content (AvgIpc) is 2.36. The Balaban J connectivity index is 2.41. The van der Waals surface area contributed by atoms with E-state index in [1.165, 1.54) is 32.1 Å². The van der Waals surface area contributed by atoms with E-state index < -0.39 is 0 Å².